The van der Waals surface area contributed by atoms with Crippen molar-refractivity contribution in [3.63, 3.8) is 0 Å². The Morgan fingerprint density at radius 2 is 2.23 bits per heavy atom. The summed E-state index contributed by atoms with van der Waals surface area (Å²) in [6, 6.07) is 3.62. The lowest BCUT2D eigenvalue weighted by atomic mass is 10.2. The van der Waals surface area contributed by atoms with Gasteiger partial charge < -0.3 is 14.8 Å². The zero-order chi connectivity index (χ0) is 15.5. The maximum absolute atomic E-state index is 12.0. The van der Waals surface area contributed by atoms with Crippen molar-refractivity contribution in [1.82, 2.24) is 15.1 Å². The normalized spacial score (nSPS) is 13.5. The number of rotatable bonds is 3. The number of aryl methyl sites for hydroxylation is 1. The van der Waals surface area contributed by atoms with E-state index in [2.05, 4.69) is 10.4 Å². The summed E-state index contributed by atoms with van der Waals surface area (Å²) in [6.07, 6.45) is 4.00. The van der Waals surface area contributed by atoms with Crippen LogP contribution in [-0.2, 0) is 13.6 Å². The topological polar surface area (TPSA) is 65.4 Å². The number of fused-ring (bicyclic) bond motifs is 1. The highest BCUT2D eigenvalue weighted by Crippen LogP contribution is 2.37. The molecule has 1 aromatic carbocycles. The Labute approximate surface area is 133 Å². The van der Waals surface area contributed by atoms with Gasteiger partial charge >= 0.3 is 0 Å². The number of halogens is 1. The second-order valence-electron chi connectivity index (χ2n) is 5.04. The third-order valence-electron chi connectivity index (χ3n) is 3.28. The summed E-state index contributed by atoms with van der Waals surface area (Å²) in [4.78, 5) is 12.0. The molecule has 0 saturated carbocycles. The van der Waals surface area contributed by atoms with Crippen LogP contribution in [0.1, 0.15) is 22.3 Å². The number of nitrogens with one attached hydrogen (secondary N) is 1. The van der Waals surface area contributed by atoms with E-state index >= 15 is 0 Å². The van der Waals surface area contributed by atoms with Crippen LogP contribution in [0.25, 0.3) is 0 Å². The molecular formula is C15H16ClN3O3. The Kier molecular flexibility index (Phi) is 4.20. The molecule has 116 valence electrons. The van der Waals surface area contributed by atoms with Crippen LogP contribution in [0.2, 0.25) is 5.02 Å². The van der Waals surface area contributed by atoms with E-state index in [9.17, 15) is 4.79 Å². The lowest BCUT2D eigenvalue weighted by Crippen LogP contribution is -2.22. The number of ether oxygens (including phenoxy) is 2. The monoisotopic (exact) mass is 321 g/mol. The fourth-order valence-corrected chi connectivity index (χ4v) is 2.50. The molecule has 1 aliphatic rings. The minimum atomic E-state index is -0.184. The van der Waals surface area contributed by atoms with Crippen molar-refractivity contribution in [2.24, 2.45) is 7.05 Å². The van der Waals surface area contributed by atoms with Gasteiger partial charge in [0.05, 0.1) is 30.0 Å². The molecule has 1 amide bonds. The molecule has 0 fully saturated rings. The van der Waals surface area contributed by atoms with Gasteiger partial charge in [0, 0.05) is 26.2 Å². The van der Waals surface area contributed by atoms with Crippen molar-refractivity contribution in [3.05, 3.63) is 40.7 Å². The molecule has 0 bridgehead atoms. The van der Waals surface area contributed by atoms with E-state index in [1.54, 1.807) is 24.0 Å². The van der Waals surface area contributed by atoms with Gasteiger partial charge in [0.2, 0.25) is 0 Å². The van der Waals surface area contributed by atoms with Crippen molar-refractivity contribution in [2.75, 3.05) is 13.2 Å². The van der Waals surface area contributed by atoms with E-state index in [4.69, 9.17) is 21.1 Å². The summed E-state index contributed by atoms with van der Waals surface area (Å²) >= 11 is 6.22. The number of hydrogen-bond donors (Lipinski definition) is 1. The molecule has 0 unspecified atom stereocenters. The zero-order valence-corrected chi connectivity index (χ0v) is 12.9. The van der Waals surface area contributed by atoms with Crippen LogP contribution in [0.4, 0.5) is 0 Å². The van der Waals surface area contributed by atoms with E-state index in [-0.39, 0.29) is 5.91 Å². The fraction of sp³-hybridized carbons (Fsp3) is 0.333. The predicted octanol–water partition coefficient (Wildman–Crippen LogP) is 2.16. The summed E-state index contributed by atoms with van der Waals surface area (Å²) in [7, 11) is 1.76. The SMILES string of the molecule is Cn1cc(C(=O)NCc2cc(Cl)c3c(c2)OCCCO3)cn1. The first-order chi connectivity index (χ1) is 10.6. The average molecular weight is 322 g/mol. The van der Waals surface area contributed by atoms with Crippen LogP contribution in [0.15, 0.2) is 24.5 Å². The highest BCUT2D eigenvalue weighted by molar-refractivity contribution is 6.32. The quantitative estimate of drug-likeness (QED) is 0.941. The molecular weight excluding hydrogens is 306 g/mol. The Balaban J connectivity index is 1.71. The number of hydrogen-bond acceptors (Lipinski definition) is 4. The maximum atomic E-state index is 12.0. The molecule has 6 nitrogen and oxygen atoms in total. The molecule has 0 atom stereocenters. The van der Waals surface area contributed by atoms with Gasteiger partial charge in [-0.2, -0.15) is 5.10 Å². The Bertz CT molecular complexity index is 699. The Hall–Kier alpha value is -2.21. The number of benzene rings is 1. The van der Waals surface area contributed by atoms with Gasteiger partial charge in [-0.1, -0.05) is 11.6 Å². The first-order valence-corrected chi connectivity index (χ1v) is 7.36. The largest absolute Gasteiger partial charge is 0.489 e. The molecule has 1 N–H and O–H groups in total. The smallest absolute Gasteiger partial charge is 0.254 e. The van der Waals surface area contributed by atoms with Gasteiger partial charge in [0.15, 0.2) is 11.5 Å². The Morgan fingerprint density at radius 1 is 1.41 bits per heavy atom. The van der Waals surface area contributed by atoms with Gasteiger partial charge in [-0.3, -0.25) is 9.48 Å². The number of aromatic nitrogens is 2. The first-order valence-electron chi connectivity index (χ1n) is 6.98. The van der Waals surface area contributed by atoms with Crippen molar-refractivity contribution in [1.29, 1.82) is 0 Å². The van der Waals surface area contributed by atoms with Crippen molar-refractivity contribution in [2.45, 2.75) is 13.0 Å². The predicted molar refractivity (Wildman–Crippen MR) is 81.4 cm³/mol. The number of nitrogens with zero attached hydrogens (tertiary/aromatic N) is 2. The minimum absolute atomic E-state index is 0.184. The summed E-state index contributed by atoms with van der Waals surface area (Å²) in [5.74, 6) is 1.01. The van der Waals surface area contributed by atoms with Crippen molar-refractivity contribution < 1.29 is 14.3 Å². The van der Waals surface area contributed by atoms with Crippen LogP contribution in [0.5, 0.6) is 11.5 Å². The average Bonchev–Trinajstić information content (AvgIpc) is 2.79. The molecule has 2 heterocycles. The van der Waals surface area contributed by atoms with Gasteiger partial charge in [-0.25, -0.2) is 0 Å². The fourth-order valence-electron chi connectivity index (χ4n) is 2.21. The van der Waals surface area contributed by atoms with Gasteiger partial charge in [-0.15, -0.1) is 0 Å². The standard InChI is InChI=1S/C15H16ClN3O3/c1-19-9-11(8-18-19)15(20)17-7-10-5-12(16)14-13(6-10)21-3-2-4-22-14/h5-6,8-9H,2-4,7H2,1H3,(H,17,20). The number of carbonyl (C=O) groups excluding carboxylic acids is 1. The second-order valence-corrected chi connectivity index (χ2v) is 5.45. The van der Waals surface area contributed by atoms with Gasteiger partial charge in [0.1, 0.15) is 0 Å². The van der Waals surface area contributed by atoms with E-state index in [1.807, 2.05) is 6.07 Å². The van der Waals surface area contributed by atoms with Crippen molar-refractivity contribution in [3.8, 4) is 11.5 Å². The van der Waals surface area contributed by atoms with Gasteiger partial charge in [-0.05, 0) is 17.7 Å². The van der Waals surface area contributed by atoms with E-state index in [1.165, 1.54) is 6.20 Å². The summed E-state index contributed by atoms with van der Waals surface area (Å²) < 4.78 is 12.8. The third kappa shape index (κ3) is 3.17. The Morgan fingerprint density at radius 3 is 3.00 bits per heavy atom. The van der Waals surface area contributed by atoms with Crippen LogP contribution >= 0.6 is 11.6 Å². The van der Waals surface area contributed by atoms with Crippen LogP contribution in [0.3, 0.4) is 0 Å². The molecule has 3 rings (SSSR count). The van der Waals surface area contributed by atoms with E-state index < -0.39 is 0 Å². The van der Waals surface area contributed by atoms with Crippen LogP contribution < -0.4 is 14.8 Å². The lowest BCUT2D eigenvalue weighted by Gasteiger charge is -2.12. The van der Waals surface area contributed by atoms with Crippen molar-refractivity contribution >= 4 is 17.5 Å². The zero-order valence-electron chi connectivity index (χ0n) is 12.1. The summed E-state index contributed by atoms with van der Waals surface area (Å²) in [5.41, 5.74) is 1.37. The second kappa shape index (κ2) is 6.27. The molecule has 0 radical (unpaired) electrons. The van der Waals surface area contributed by atoms with Gasteiger partial charge in [0.25, 0.3) is 5.91 Å². The highest BCUT2D eigenvalue weighted by Gasteiger charge is 2.16. The minimum Gasteiger partial charge on any atom is -0.489 e. The number of carbonyl (C=O) groups is 1. The molecule has 0 saturated heterocycles. The first kappa shape index (κ1) is 14.7. The maximum Gasteiger partial charge on any atom is 0.254 e. The molecule has 1 aliphatic heterocycles. The summed E-state index contributed by atoms with van der Waals surface area (Å²) in [5, 5.41) is 7.29. The van der Waals surface area contributed by atoms with Crippen LogP contribution in [-0.4, -0.2) is 28.9 Å². The molecule has 2 aromatic rings. The third-order valence-corrected chi connectivity index (χ3v) is 3.56. The summed E-state index contributed by atoms with van der Waals surface area (Å²) in [6.45, 7) is 1.53. The van der Waals surface area contributed by atoms with E-state index in [0.29, 0.717) is 41.8 Å². The molecule has 0 aliphatic carbocycles. The van der Waals surface area contributed by atoms with Crippen LogP contribution in [0, 0.1) is 0 Å². The number of amides is 1. The highest BCUT2D eigenvalue weighted by atomic mass is 35.5. The van der Waals surface area contributed by atoms with E-state index in [0.717, 1.165) is 12.0 Å². The molecule has 22 heavy (non-hydrogen) atoms. The lowest BCUT2D eigenvalue weighted by molar-refractivity contribution is 0.0951. The molecule has 0 spiro atoms. The molecule has 7 heteroatoms. The molecule has 1 aromatic heterocycles.